The van der Waals surface area contributed by atoms with Crippen LogP contribution in [-0.2, 0) is 4.79 Å². The van der Waals surface area contributed by atoms with Crippen LogP contribution in [0.3, 0.4) is 0 Å². The molecule has 0 amide bonds. The highest BCUT2D eigenvalue weighted by atomic mass is 16.5. The lowest BCUT2D eigenvalue weighted by atomic mass is 10.1. The second-order valence-electron chi connectivity index (χ2n) is 3.40. The maximum Gasteiger partial charge on any atom is 0.337 e. The van der Waals surface area contributed by atoms with E-state index in [9.17, 15) is 4.79 Å². The SMILES string of the molecule is O=C(CO)Oc1cccc(-c2ccncc2)c1. The van der Waals surface area contributed by atoms with Gasteiger partial charge in [-0.1, -0.05) is 12.1 Å². The Kier molecular flexibility index (Phi) is 3.47. The van der Waals surface area contributed by atoms with Crippen LogP contribution in [0.1, 0.15) is 0 Å². The van der Waals surface area contributed by atoms with Gasteiger partial charge < -0.3 is 9.84 Å². The summed E-state index contributed by atoms with van der Waals surface area (Å²) in [6.45, 7) is -0.626. The first-order valence-corrected chi connectivity index (χ1v) is 5.11. The van der Waals surface area contributed by atoms with Crippen LogP contribution in [0, 0.1) is 0 Å². The van der Waals surface area contributed by atoms with Crippen molar-refractivity contribution in [2.45, 2.75) is 0 Å². The number of esters is 1. The van der Waals surface area contributed by atoms with Crippen molar-refractivity contribution in [1.82, 2.24) is 4.98 Å². The quantitative estimate of drug-likeness (QED) is 0.642. The molecule has 2 aromatic rings. The molecular formula is C13H11NO3. The van der Waals surface area contributed by atoms with E-state index < -0.39 is 12.6 Å². The van der Waals surface area contributed by atoms with Crippen molar-refractivity contribution in [3.63, 3.8) is 0 Å². The number of aliphatic hydroxyl groups is 1. The average Bonchev–Trinajstić information content (AvgIpc) is 2.40. The lowest BCUT2D eigenvalue weighted by Crippen LogP contribution is -2.12. The van der Waals surface area contributed by atoms with Crippen molar-refractivity contribution in [3.05, 3.63) is 48.8 Å². The van der Waals surface area contributed by atoms with Gasteiger partial charge in [-0.3, -0.25) is 4.98 Å². The van der Waals surface area contributed by atoms with Gasteiger partial charge in [0.05, 0.1) is 0 Å². The third-order valence-electron chi connectivity index (χ3n) is 2.21. The summed E-state index contributed by atoms with van der Waals surface area (Å²) in [5.41, 5.74) is 1.91. The summed E-state index contributed by atoms with van der Waals surface area (Å²) in [5.74, 6) is -0.254. The van der Waals surface area contributed by atoms with Gasteiger partial charge in [-0.2, -0.15) is 0 Å². The van der Waals surface area contributed by atoms with E-state index in [-0.39, 0.29) is 0 Å². The molecule has 4 nitrogen and oxygen atoms in total. The third-order valence-corrected chi connectivity index (χ3v) is 2.21. The van der Waals surface area contributed by atoms with Crippen LogP contribution >= 0.6 is 0 Å². The minimum Gasteiger partial charge on any atom is -0.425 e. The number of ether oxygens (including phenoxy) is 1. The number of aromatic nitrogens is 1. The highest BCUT2D eigenvalue weighted by Gasteiger charge is 2.04. The molecule has 2 rings (SSSR count). The minimum absolute atomic E-state index is 0.415. The second-order valence-corrected chi connectivity index (χ2v) is 3.40. The molecule has 0 bridgehead atoms. The van der Waals surface area contributed by atoms with E-state index in [0.29, 0.717) is 5.75 Å². The van der Waals surface area contributed by atoms with E-state index in [2.05, 4.69) is 4.98 Å². The Balaban J connectivity index is 2.26. The predicted molar refractivity (Wildman–Crippen MR) is 62.4 cm³/mol. The van der Waals surface area contributed by atoms with Crippen molar-refractivity contribution < 1.29 is 14.6 Å². The van der Waals surface area contributed by atoms with E-state index in [1.54, 1.807) is 30.6 Å². The van der Waals surface area contributed by atoms with E-state index in [0.717, 1.165) is 11.1 Å². The molecule has 0 fully saturated rings. The highest BCUT2D eigenvalue weighted by molar-refractivity contribution is 5.74. The zero-order valence-corrected chi connectivity index (χ0v) is 9.04. The number of nitrogens with zero attached hydrogens (tertiary/aromatic N) is 1. The maximum absolute atomic E-state index is 10.9. The summed E-state index contributed by atoms with van der Waals surface area (Å²) in [4.78, 5) is 14.9. The smallest absolute Gasteiger partial charge is 0.337 e. The molecule has 0 saturated heterocycles. The normalized spacial score (nSPS) is 9.94. The van der Waals surface area contributed by atoms with Gasteiger partial charge in [0, 0.05) is 12.4 Å². The fourth-order valence-electron chi connectivity index (χ4n) is 1.45. The average molecular weight is 229 g/mol. The monoisotopic (exact) mass is 229 g/mol. The molecule has 1 N–H and O–H groups in total. The fourth-order valence-corrected chi connectivity index (χ4v) is 1.45. The number of benzene rings is 1. The first kappa shape index (κ1) is 11.3. The molecule has 4 heteroatoms. The van der Waals surface area contributed by atoms with E-state index in [1.807, 2.05) is 18.2 Å². The van der Waals surface area contributed by atoms with Gasteiger partial charge in [-0.05, 0) is 35.4 Å². The number of hydrogen-bond acceptors (Lipinski definition) is 4. The largest absolute Gasteiger partial charge is 0.425 e. The second kappa shape index (κ2) is 5.23. The summed E-state index contributed by atoms with van der Waals surface area (Å²) in [7, 11) is 0. The molecule has 0 spiro atoms. The van der Waals surface area contributed by atoms with Crippen LogP contribution in [0.2, 0.25) is 0 Å². The number of aliphatic hydroxyl groups excluding tert-OH is 1. The predicted octanol–water partition coefficient (Wildman–Crippen LogP) is 1.65. The molecule has 0 aliphatic heterocycles. The van der Waals surface area contributed by atoms with Gasteiger partial charge in [-0.15, -0.1) is 0 Å². The fraction of sp³-hybridized carbons (Fsp3) is 0.0769. The Labute approximate surface area is 98.5 Å². The van der Waals surface area contributed by atoms with Gasteiger partial charge in [0.15, 0.2) is 0 Å². The zero-order valence-electron chi connectivity index (χ0n) is 9.04. The molecule has 0 saturated carbocycles. The van der Waals surface area contributed by atoms with Crippen LogP contribution in [0.5, 0.6) is 5.75 Å². The molecule has 0 aliphatic carbocycles. The summed E-state index contributed by atoms with van der Waals surface area (Å²) in [5, 5.41) is 8.60. The molecule has 17 heavy (non-hydrogen) atoms. The third kappa shape index (κ3) is 2.89. The topological polar surface area (TPSA) is 59.4 Å². The van der Waals surface area contributed by atoms with Crippen LogP contribution in [0.4, 0.5) is 0 Å². The maximum atomic E-state index is 10.9. The van der Waals surface area contributed by atoms with E-state index in [4.69, 9.17) is 9.84 Å². The molecule has 0 unspecified atom stereocenters. The van der Waals surface area contributed by atoms with Gasteiger partial charge in [0.1, 0.15) is 12.4 Å². The Morgan fingerprint density at radius 1 is 1.18 bits per heavy atom. The number of carbonyl (C=O) groups is 1. The highest BCUT2D eigenvalue weighted by Crippen LogP contribution is 2.23. The number of rotatable bonds is 3. The van der Waals surface area contributed by atoms with Crippen molar-refractivity contribution in [2.24, 2.45) is 0 Å². The molecule has 0 radical (unpaired) electrons. The molecular weight excluding hydrogens is 218 g/mol. The molecule has 1 aromatic carbocycles. The van der Waals surface area contributed by atoms with Crippen LogP contribution in [0.25, 0.3) is 11.1 Å². The van der Waals surface area contributed by atoms with Gasteiger partial charge in [0.25, 0.3) is 0 Å². The standard InChI is InChI=1S/C13H11NO3/c15-9-13(16)17-12-3-1-2-11(8-12)10-4-6-14-7-5-10/h1-8,15H,9H2. The molecule has 1 aromatic heterocycles. The summed E-state index contributed by atoms with van der Waals surface area (Å²) in [6, 6.07) is 10.8. The summed E-state index contributed by atoms with van der Waals surface area (Å²) < 4.78 is 4.92. The first-order chi connectivity index (χ1) is 8.29. The van der Waals surface area contributed by atoms with Crippen molar-refractivity contribution >= 4 is 5.97 Å². The van der Waals surface area contributed by atoms with E-state index in [1.165, 1.54) is 0 Å². The lowest BCUT2D eigenvalue weighted by Gasteiger charge is -2.05. The van der Waals surface area contributed by atoms with Crippen molar-refractivity contribution in [3.8, 4) is 16.9 Å². The van der Waals surface area contributed by atoms with Gasteiger partial charge in [0.2, 0.25) is 0 Å². The lowest BCUT2D eigenvalue weighted by molar-refractivity contribution is -0.137. The van der Waals surface area contributed by atoms with Crippen molar-refractivity contribution in [2.75, 3.05) is 6.61 Å². The van der Waals surface area contributed by atoms with Crippen molar-refractivity contribution in [1.29, 1.82) is 0 Å². The van der Waals surface area contributed by atoms with Gasteiger partial charge in [-0.25, -0.2) is 4.79 Å². The van der Waals surface area contributed by atoms with Crippen LogP contribution < -0.4 is 4.74 Å². The molecule has 86 valence electrons. The first-order valence-electron chi connectivity index (χ1n) is 5.11. The zero-order chi connectivity index (χ0) is 12.1. The molecule has 1 heterocycles. The molecule has 0 atom stereocenters. The number of hydrogen-bond donors (Lipinski definition) is 1. The summed E-state index contributed by atoms with van der Waals surface area (Å²) in [6.07, 6.45) is 3.39. The molecule has 0 aliphatic rings. The minimum atomic E-state index is -0.670. The number of carbonyl (C=O) groups excluding carboxylic acids is 1. The number of pyridine rings is 1. The Hall–Kier alpha value is -2.20. The van der Waals surface area contributed by atoms with Gasteiger partial charge >= 0.3 is 5.97 Å². The van der Waals surface area contributed by atoms with Crippen LogP contribution in [-0.4, -0.2) is 22.7 Å². The Morgan fingerprint density at radius 2 is 1.94 bits per heavy atom. The van der Waals surface area contributed by atoms with Crippen LogP contribution in [0.15, 0.2) is 48.8 Å². The summed E-state index contributed by atoms with van der Waals surface area (Å²) >= 11 is 0. The Morgan fingerprint density at radius 3 is 2.65 bits per heavy atom. The Bertz CT molecular complexity index is 511. The van der Waals surface area contributed by atoms with E-state index >= 15 is 0 Å².